The summed E-state index contributed by atoms with van der Waals surface area (Å²) in [5.74, 6) is 0.268. The normalized spacial score (nSPS) is 24.6. The van der Waals surface area contributed by atoms with E-state index in [2.05, 4.69) is 10.3 Å². The lowest BCUT2D eigenvalue weighted by Gasteiger charge is -2.35. The van der Waals surface area contributed by atoms with Gasteiger partial charge in [0, 0.05) is 29.7 Å². The number of likely N-dealkylation sites (N-methyl/N-ethyl adjacent to an activating group) is 1. The van der Waals surface area contributed by atoms with Crippen LogP contribution < -0.4 is 10.2 Å². The number of hydrogen-bond donors (Lipinski definition) is 1. The molecular weight excluding hydrogens is 334 g/mol. The van der Waals surface area contributed by atoms with E-state index in [1.165, 1.54) is 11.8 Å². The van der Waals surface area contributed by atoms with E-state index in [1.54, 1.807) is 19.2 Å². The first-order chi connectivity index (χ1) is 12.3. The van der Waals surface area contributed by atoms with Gasteiger partial charge in [0.25, 0.3) is 5.91 Å². The molecule has 2 atom stereocenters. The SMILES string of the molecule is CC(=O)c1ccc(N2C3=NC4C(C(=O)NC(=O)N4C)N3C(C)=C2C)cc1. The summed E-state index contributed by atoms with van der Waals surface area (Å²) in [4.78, 5) is 45.8. The summed E-state index contributed by atoms with van der Waals surface area (Å²) in [6, 6.07) is 6.23. The number of carbonyl (C=O) groups excluding carboxylic acids is 3. The summed E-state index contributed by atoms with van der Waals surface area (Å²) in [5.41, 5.74) is 3.34. The molecule has 26 heavy (non-hydrogen) atoms. The van der Waals surface area contributed by atoms with Gasteiger partial charge in [0.05, 0.1) is 0 Å². The summed E-state index contributed by atoms with van der Waals surface area (Å²) < 4.78 is 0. The van der Waals surface area contributed by atoms with Gasteiger partial charge in [-0.1, -0.05) is 0 Å². The number of benzene rings is 1. The minimum Gasteiger partial charge on any atom is -0.303 e. The van der Waals surface area contributed by atoms with E-state index >= 15 is 0 Å². The highest BCUT2D eigenvalue weighted by Gasteiger charge is 2.53. The van der Waals surface area contributed by atoms with Crippen LogP contribution in [0.2, 0.25) is 0 Å². The molecule has 3 amide bonds. The second-order valence-electron chi connectivity index (χ2n) is 6.67. The maximum Gasteiger partial charge on any atom is 0.325 e. The Balaban J connectivity index is 1.77. The van der Waals surface area contributed by atoms with Crippen molar-refractivity contribution >= 4 is 29.4 Å². The Morgan fingerprint density at radius 2 is 1.77 bits per heavy atom. The lowest BCUT2D eigenvalue weighted by Crippen LogP contribution is -2.63. The number of carbonyl (C=O) groups is 3. The van der Waals surface area contributed by atoms with Crippen LogP contribution in [0.5, 0.6) is 0 Å². The number of Topliss-reactive ketones (excluding diaryl/α,β-unsaturated/α-hetero) is 1. The average molecular weight is 353 g/mol. The largest absolute Gasteiger partial charge is 0.325 e. The molecular formula is C18H19N5O3. The average Bonchev–Trinajstić information content (AvgIpc) is 3.10. The van der Waals surface area contributed by atoms with E-state index in [0.717, 1.165) is 17.1 Å². The summed E-state index contributed by atoms with van der Waals surface area (Å²) in [6.45, 7) is 5.42. The van der Waals surface area contributed by atoms with Gasteiger partial charge in [-0.2, -0.15) is 0 Å². The Bertz CT molecular complexity index is 902. The topological polar surface area (TPSA) is 85.3 Å². The number of aliphatic imine (C=N–C) groups is 1. The van der Waals surface area contributed by atoms with E-state index in [9.17, 15) is 14.4 Å². The molecule has 2 unspecified atom stereocenters. The minimum atomic E-state index is -0.579. The molecule has 1 aromatic carbocycles. The number of rotatable bonds is 2. The lowest BCUT2D eigenvalue weighted by atomic mass is 10.1. The Kier molecular flexibility index (Phi) is 3.40. The van der Waals surface area contributed by atoms with Crippen LogP contribution in [0.1, 0.15) is 31.1 Å². The van der Waals surface area contributed by atoms with Crippen molar-refractivity contribution in [2.75, 3.05) is 11.9 Å². The molecule has 0 saturated carbocycles. The molecule has 0 bridgehead atoms. The Hall–Kier alpha value is -3.16. The van der Waals surface area contributed by atoms with E-state index in [0.29, 0.717) is 11.5 Å². The van der Waals surface area contributed by atoms with Crippen molar-refractivity contribution in [3.8, 4) is 0 Å². The smallest absolute Gasteiger partial charge is 0.303 e. The Morgan fingerprint density at radius 1 is 1.12 bits per heavy atom. The molecule has 3 aliphatic rings. The zero-order chi connectivity index (χ0) is 18.7. The Labute approximate surface area is 150 Å². The van der Waals surface area contributed by atoms with E-state index in [1.807, 2.05) is 35.8 Å². The molecule has 1 fully saturated rings. The third-order valence-electron chi connectivity index (χ3n) is 5.19. The van der Waals surface area contributed by atoms with Gasteiger partial charge in [0.15, 0.2) is 18.0 Å². The summed E-state index contributed by atoms with van der Waals surface area (Å²) in [7, 11) is 1.63. The van der Waals surface area contributed by atoms with E-state index in [-0.39, 0.29) is 11.7 Å². The van der Waals surface area contributed by atoms with Crippen molar-refractivity contribution in [1.29, 1.82) is 0 Å². The van der Waals surface area contributed by atoms with Crippen molar-refractivity contribution in [3.63, 3.8) is 0 Å². The van der Waals surface area contributed by atoms with Gasteiger partial charge >= 0.3 is 6.03 Å². The molecule has 1 aromatic rings. The number of hydrogen-bond acceptors (Lipinski definition) is 6. The number of amides is 3. The first-order valence-corrected chi connectivity index (χ1v) is 8.34. The molecule has 0 aromatic heterocycles. The zero-order valence-electron chi connectivity index (χ0n) is 15.0. The first kappa shape index (κ1) is 16.3. The lowest BCUT2D eigenvalue weighted by molar-refractivity contribution is -0.126. The summed E-state index contributed by atoms with van der Waals surface area (Å²) >= 11 is 0. The number of nitrogens with one attached hydrogen (secondary N) is 1. The van der Waals surface area contributed by atoms with Crippen molar-refractivity contribution in [3.05, 3.63) is 41.2 Å². The van der Waals surface area contributed by atoms with Crippen LogP contribution in [0, 0.1) is 0 Å². The number of urea groups is 1. The molecule has 8 heteroatoms. The standard InChI is InChI=1S/C18H19N5O3/c1-9-10(2)23-14-15(21(4)18(26)20-16(14)25)19-17(23)22(9)13-7-5-12(6-8-13)11(3)24/h5-8,14-15H,1-4H3,(H,20,25,26). The second-order valence-corrected chi connectivity index (χ2v) is 6.67. The van der Waals surface area contributed by atoms with Crippen LogP contribution in [-0.2, 0) is 4.79 Å². The summed E-state index contributed by atoms with van der Waals surface area (Å²) in [6.07, 6.45) is -0.562. The number of anilines is 1. The molecule has 1 N–H and O–H groups in total. The second kappa shape index (κ2) is 5.42. The van der Waals surface area contributed by atoms with Crippen molar-refractivity contribution in [2.24, 2.45) is 4.99 Å². The monoisotopic (exact) mass is 353 g/mol. The number of nitrogens with zero attached hydrogens (tertiary/aromatic N) is 4. The van der Waals surface area contributed by atoms with Crippen LogP contribution >= 0.6 is 0 Å². The van der Waals surface area contributed by atoms with Gasteiger partial charge in [0.1, 0.15) is 0 Å². The maximum atomic E-state index is 12.4. The first-order valence-electron chi connectivity index (χ1n) is 8.34. The number of imide groups is 1. The van der Waals surface area contributed by atoms with Gasteiger partial charge in [-0.3, -0.25) is 24.7 Å². The predicted octanol–water partition coefficient (Wildman–Crippen LogP) is 1.51. The quantitative estimate of drug-likeness (QED) is 0.815. The van der Waals surface area contributed by atoms with Gasteiger partial charge in [-0.15, -0.1) is 0 Å². The zero-order valence-corrected chi connectivity index (χ0v) is 15.0. The molecule has 1 saturated heterocycles. The number of guanidine groups is 1. The molecule has 134 valence electrons. The molecule has 0 aliphatic carbocycles. The van der Waals surface area contributed by atoms with Crippen LogP contribution in [0.25, 0.3) is 0 Å². The Morgan fingerprint density at radius 3 is 2.38 bits per heavy atom. The van der Waals surface area contributed by atoms with Gasteiger partial charge < -0.3 is 4.90 Å². The highest BCUT2D eigenvalue weighted by molar-refractivity contribution is 6.10. The highest BCUT2D eigenvalue weighted by Crippen LogP contribution is 2.38. The fourth-order valence-corrected chi connectivity index (χ4v) is 3.61. The third-order valence-corrected chi connectivity index (χ3v) is 5.19. The van der Waals surface area contributed by atoms with Gasteiger partial charge in [-0.25, -0.2) is 9.79 Å². The summed E-state index contributed by atoms with van der Waals surface area (Å²) in [5, 5.41) is 2.38. The van der Waals surface area contributed by atoms with Gasteiger partial charge in [0.2, 0.25) is 5.96 Å². The molecule has 0 spiro atoms. The van der Waals surface area contributed by atoms with E-state index < -0.39 is 18.2 Å². The van der Waals surface area contributed by atoms with Crippen LogP contribution in [0.4, 0.5) is 10.5 Å². The number of allylic oxidation sites excluding steroid dienone is 2. The molecule has 0 radical (unpaired) electrons. The van der Waals surface area contributed by atoms with Gasteiger partial charge in [-0.05, 0) is 45.0 Å². The van der Waals surface area contributed by atoms with Crippen LogP contribution in [-0.4, -0.2) is 52.7 Å². The fraction of sp³-hybridized carbons (Fsp3) is 0.333. The predicted molar refractivity (Wildman–Crippen MR) is 95.5 cm³/mol. The minimum absolute atomic E-state index is 0.00378. The van der Waals surface area contributed by atoms with Crippen molar-refractivity contribution in [2.45, 2.75) is 33.0 Å². The van der Waals surface area contributed by atoms with Crippen LogP contribution in [0.3, 0.4) is 0 Å². The number of ketones is 1. The van der Waals surface area contributed by atoms with Crippen molar-refractivity contribution in [1.82, 2.24) is 15.1 Å². The molecule has 3 heterocycles. The third kappa shape index (κ3) is 2.08. The molecule has 8 nitrogen and oxygen atoms in total. The molecule has 4 rings (SSSR count). The fourth-order valence-electron chi connectivity index (χ4n) is 3.61. The van der Waals surface area contributed by atoms with E-state index in [4.69, 9.17) is 0 Å². The maximum absolute atomic E-state index is 12.4. The van der Waals surface area contributed by atoms with Crippen LogP contribution in [0.15, 0.2) is 40.7 Å². The van der Waals surface area contributed by atoms with Crippen molar-refractivity contribution < 1.29 is 14.4 Å². The highest BCUT2D eigenvalue weighted by atomic mass is 16.2. The number of fused-ring (bicyclic) bond motifs is 3. The molecule has 3 aliphatic heterocycles.